The van der Waals surface area contributed by atoms with Crippen LogP contribution in [0.25, 0.3) is 0 Å². The van der Waals surface area contributed by atoms with Crippen LogP contribution in [0.5, 0.6) is 0 Å². The third kappa shape index (κ3) is 2.90. The zero-order valence-corrected chi connectivity index (χ0v) is 10.4. The van der Waals surface area contributed by atoms with E-state index >= 15 is 0 Å². The summed E-state index contributed by atoms with van der Waals surface area (Å²) in [6.45, 7) is 2.53. The fourth-order valence-electron chi connectivity index (χ4n) is 2.33. The summed E-state index contributed by atoms with van der Waals surface area (Å²) in [7, 11) is 0. The Morgan fingerprint density at radius 1 is 1.37 bits per heavy atom. The van der Waals surface area contributed by atoms with Crippen LogP contribution < -0.4 is 5.73 Å². The van der Waals surface area contributed by atoms with Gasteiger partial charge >= 0.3 is 6.18 Å². The molecule has 1 fully saturated rings. The second-order valence-corrected chi connectivity index (χ2v) is 4.86. The van der Waals surface area contributed by atoms with Crippen molar-refractivity contribution in [3.8, 4) is 0 Å². The van der Waals surface area contributed by atoms with Gasteiger partial charge in [-0.25, -0.2) is 4.39 Å². The van der Waals surface area contributed by atoms with Gasteiger partial charge in [-0.3, -0.25) is 0 Å². The maximum absolute atomic E-state index is 13.5. The van der Waals surface area contributed by atoms with Crippen molar-refractivity contribution in [2.75, 3.05) is 6.61 Å². The first-order valence-electron chi connectivity index (χ1n) is 6.04. The number of hydrogen-bond donors (Lipinski definition) is 1. The first-order chi connectivity index (χ1) is 8.80. The molecule has 6 heteroatoms. The molecule has 1 aromatic rings. The van der Waals surface area contributed by atoms with E-state index in [-0.39, 0.29) is 12.0 Å². The smallest absolute Gasteiger partial charge is 0.376 e. The summed E-state index contributed by atoms with van der Waals surface area (Å²) in [5.74, 6) is -1.09. The molecule has 106 valence electrons. The van der Waals surface area contributed by atoms with Crippen molar-refractivity contribution in [2.24, 2.45) is 11.7 Å². The molecule has 1 heterocycles. The standard InChI is InChI=1S/C13H15F4NO/c1-7-4-5-19-12(7)11(18)8-2-3-9(10(14)6-8)13(15,16)17/h2-3,6-7,11-12H,4-5,18H2,1H3. The second-order valence-electron chi connectivity index (χ2n) is 4.86. The van der Waals surface area contributed by atoms with Gasteiger partial charge in [0.15, 0.2) is 0 Å². The Morgan fingerprint density at radius 2 is 2.05 bits per heavy atom. The molecule has 1 aromatic carbocycles. The topological polar surface area (TPSA) is 35.2 Å². The lowest BCUT2D eigenvalue weighted by Gasteiger charge is -2.23. The highest BCUT2D eigenvalue weighted by molar-refractivity contribution is 5.29. The van der Waals surface area contributed by atoms with E-state index in [4.69, 9.17) is 10.5 Å². The Morgan fingerprint density at radius 3 is 2.53 bits per heavy atom. The monoisotopic (exact) mass is 277 g/mol. The largest absolute Gasteiger partial charge is 0.419 e. The van der Waals surface area contributed by atoms with Gasteiger partial charge in [0.1, 0.15) is 5.82 Å². The molecule has 1 aliphatic heterocycles. The minimum atomic E-state index is -4.69. The van der Waals surface area contributed by atoms with E-state index in [1.807, 2.05) is 6.92 Å². The molecule has 1 aliphatic rings. The van der Waals surface area contributed by atoms with Crippen LogP contribution >= 0.6 is 0 Å². The first kappa shape index (κ1) is 14.3. The van der Waals surface area contributed by atoms with Gasteiger partial charge < -0.3 is 10.5 Å². The minimum absolute atomic E-state index is 0.209. The average molecular weight is 277 g/mol. The molecule has 1 saturated heterocycles. The maximum atomic E-state index is 13.5. The molecule has 3 unspecified atom stereocenters. The quantitative estimate of drug-likeness (QED) is 0.842. The summed E-state index contributed by atoms with van der Waals surface area (Å²) in [6.07, 6.45) is -4.12. The summed E-state index contributed by atoms with van der Waals surface area (Å²) >= 11 is 0. The van der Waals surface area contributed by atoms with Gasteiger partial charge in [0, 0.05) is 6.61 Å². The lowest BCUT2D eigenvalue weighted by molar-refractivity contribution is -0.140. The van der Waals surface area contributed by atoms with Crippen molar-refractivity contribution in [3.05, 3.63) is 35.1 Å². The molecule has 0 saturated carbocycles. The Balaban J connectivity index is 2.24. The number of benzene rings is 1. The highest BCUT2D eigenvalue weighted by Crippen LogP contribution is 2.34. The van der Waals surface area contributed by atoms with Gasteiger partial charge in [0.25, 0.3) is 0 Å². The van der Waals surface area contributed by atoms with Crippen LogP contribution in [-0.4, -0.2) is 12.7 Å². The molecule has 2 N–H and O–H groups in total. The van der Waals surface area contributed by atoms with Crippen LogP contribution in [0.1, 0.15) is 30.5 Å². The Bertz CT molecular complexity index is 460. The van der Waals surface area contributed by atoms with Gasteiger partial charge in [-0.05, 0) is 30.0 Å². The van der Waals surface area contributed by atoms with Crippen molar-refractivity contribution in [2.45, 2.75) is 31.7 Å². The molecule has 3 atom stereocenters. The molecule has 2 rings (SSSR count). The molecule has 0 radical (unpaired) electrons. The van der Waals surface area contributed by atoms with Gasteiger partial charge in [0.2, 0.25) is 0 Å². The van der Waals surface area contributed by atoms with E-state index in [0.717, 1.165) is 18.6 Å². The number of halogens is 4. The van der Waals surface area contributed by atoms with Crippen molar-refractivity contribution in [1.82, 2.24) is 0 Å². The molecule has 0 aliphatic carbocycles. The van der Waals surface area contributed by atoms with Crippen LogP contribution in [0.4, 0.5) is 17.6 Å². The Hall–Kier alpha value is -1.14. The van der Waals surface area contributed by atoms with Crippen LogP contribution in [-0.2, 0) is 10.9 Å². The number of rotatable bonds is 2. The Labute approximate surface area is 108 Å². The van der Waals surface area contributed by atoms with E-state index in [1.165, 1.54) is 6.07 Å². The lowest BCUT2D eigenvalue weighted by Crippen LogP contribution is -2.30. The van der Waals surface area contributed by atoms with Crippen molar-refractivity contribution in [3.63, 3.8) is 0 Å². The lowest BCUT2D eigenvalue weighted by atomic mass is 9.92. The minimum Gasteiger partial charge on any atom is -0.376 e. The number of alkyl halides is 3. The number of hydrogen-bond acceptors (Lipinski definition) is 2. The van der Waals surface area contributed by atoms with E-state index < -0.39 is 23.6 Å². The fraction of sp³-hybridized carbons (Fsp3) is 0.538. The van der Waals surface area contributed by atoms with Crippen LogP contribution in [0, 0.1) is 11.7 Å². The van der Waals surface area contributed by atoms with E-state index in [2.05, 4.69) is 0 Å². The van der Waals surface area contributed by atoms with Gasteiger partial charge in [-0.1, -0.05) is 13.0 Å². The molecule has 2 nitrogen and oxygen atoms in total. The first-order valence-corrected chi connectivity index (χ1v) is 6.04. The summed E-state index contributed by atoms with van der Waals surface area (Å²) in [5.41, 5.74) is 4.99. The van der Waals surface area contributed by atoms with E-state index in [9.17, 15) is 17.6 Å². The normalized spacial score (nSPS) is 25.6. The summed E-state index contributed by atoms with van der Waals surface area (Å²) in [6, 6.07) is 2.17. The molecule has 0 amide bonds. The average Bonchev–Trinajstić information content (AvgIpc) is 2.72. The third-order valence-electron chi connectivity index (χ3n) is 3.48. The zero-order chi connectivity index (χ0) is 14.2. The molecule has 0 spiro atoms. The summed E-state index contributed by atoms with van der Waals surface area (Å²) in [4.78, 5) is 0. The van der Waals surface area contributed by atoms with Gasteiger partial charge in [0.05, 0.1) is 17.7 Å². The van der Waals surface area contributed by atoms with Crippen molar-refractivity contribution < 1.29 is 22.3 Å². The summed E-state index contributed by atoms with van der Waals surface area (Å²) in [5, 5.41) is 0. The number of ether oxygens (including phenoxy) is 1. The molecular weight excluding hydrogens is 262 g/mol. The van der Waals surface area contributed by atoms with Crippen LogP contribution in [0.2, 0.25) is 0 Å². The predicted molar refractivity (Wildman–Crippen MR) is 61.9 cm³/mol. The zero-order valence-electron chi connectivity index (χ0n) is 10.4. The molecule has 19 heavy (non-hydrogen) atoms. The van der Waals surface area contributed by atoms with Crippen molar-refractivity contribution >= 4 is 0 Å². The second kappa shape index (κ2) is 5.09. The third-order valence-corrected chi connectivity index (χ3v) is 3.48. The van der Waals surface area contributed by atoms with E-state index in [0.29, 0.717) is 12.2 Å². The molecule has 0 aromatic heterocycles. The molecular formula is C13H15F4NO. The van der Waals surface area contributed by atoms with Gasteiger partial charge in [-0.2, -0.15) is 13.2 Å². The van der Waals surface area contributed by atoms with Crippen LogP contribution in [0.15, 0.2) is 18.2 Å². The maximum Gasteiger partial charge on any atom is 0.419 e. The van der Waals surface area contributed by atoms with Gasteiger partial charge in [-0.15, -0.1) is 0 Å². The molecule has 0 bridgehead atoms. The fourth-order valence-corrected chi connectivity index (χ4v) is 2.33. The SMILES string of the molecule is CC1CCOC1C(N)c1ccc(C(F)(F)F)c(F)c1. The van der Waals surface area contributed by atoms with Crippen molar-refractivity contribution in [1.29, 1.82) is 0 Å². The predicted octanol–water partition coefficient (Wildman–Crippen LogP) is 3.27. The van der Waals surface area contributed by atoms with Crippen LogP contribution in [0.3, 0.4) is 0 Å². The number of nitrogens with two attached hydrogens (primary N) is 1. The summed E-state index contributed by atoms with van der Waals surface area (Å²) < 4.78 is 56.3. The highest BCUT2D eigenvalue weighted by atomic mass is 19.4. The highest BCUT2D eigenvalue weighted by Gasteiger charge is 2.35. The Kier molecular flexibility index (Phi) is 3.82. The van der Waals surface area contributed by atoms with E-state index in [1.54, 1.807) is 0 Å².